The molecule has 1 aromatic rings. The number of non-ortho nitro benzene ring substituents is 1. The number of piperidine rings is 1. The molecule has 19 heavy (non-hydrogen) atoms. The molecule has 7 heteroatoms. The van der Waals surface area contributed by atoms with Gasteiger partial charge in [-0.15, -0.1) is 0 Å². The molecule has 7 nitrogen and oxygen atoms in total. The number of hydrogen-bond acceptors (Lipinski definition) is 5. The van der Waals surface area contributed by atoms with Gasteiger partial charge in [0, 0.05) is 43.6 Å². The molecular weight excluding hydrogens is 250 g/mol. The van der Waals surface area contributed by atoms with Crippen molar-refractivity contribution in [3.05, 3.63) is 39.9 Å². The van der Waals surface area contributed by atoms with Gasteiger partial charge in [-0.2, -0.15) is 0 Å². The summed E-state index contributed by atoms with van der Waals surface area (Å²) in [5.74, 6) is -0.235. The van der Waals surface area contributed by atoms with Gasteiger partial charge in [0.15, 0.2) is 0 Å². The highest BCUT2D eigenvalue weighted by Gasteiger charge is 2.22. The van der Waals surface area contributed by atoms with E-state index in [4.69, 9.17) is 5.21 Å². The van der Waals surface area contributed by atoms with Gasteiger partial charge in [0.2, 0.25) is 0 Å². The summed E-state index contributed by atoms with van der Waals surface area (Å²) in [6, 6.07) is 5.68. The molecule has 0 aromatic heterocycles. The van der Waals surface area contributed by atoms with E-state index < -0.39 is 4.92 Å². The second-order valence-electron chi connectivity index (χ2n) is 4.27. The maximum absolute atomic E-state index is 12.2. The van der Waals surface area contributed by atoms with Crippen LogP contribution >= 0.6 is 0 Å². The molecule has 0 unspecified atom stereocenters. The summed E-state index contributed by atoms with van der Waals surface area (Å²) in [6.07, 6.45) is 1.05. The molecule has 1 amide bonds. The number of hydrogen-bond donors (Lipinski definition) is 1. The van der Waals surface area contributed by atoms with Gasteiger partial charge in [0.1, 0.15) is 0 Å². The quantitative estimate of drug-likeness (QED) is 0.498. The van der Waals surface area contributed by atoms with E-state index in [1.165, 1.54) is 18.2 Å². The monoisotopic (exact) mass is 263 g/mol. The van der Waals surface area contributed by atoms with Crippen LogP contribution in [0.5, 0.6) is 0 Å². The molecule has 1 heterocycles. The maximum atomic E-state index is 12.2. The van der Waals surface area contributed by atoms with Gasteiger partial charge in [-0.3, -0.25) is 14.9 Å². The zero-order valence-electron chi connectivity index (χ0n) is 10.2. The molecular formula is C12H13N3O4. The number of rotatable bonds is 2. The molecule has 0 aliphatic carbocycles. The zero-order chi connectivity index (χ0) is 13.8. The number of nitrogens with zero attached hydrogens (tertiary/aromatic N) is 3. The zero-order valence-corrected chi connectivity index (χ0v) is 10.2. The Kier molecular flexibility index (Phi) is 3.74. The molecule has 1 aliphatic rings. The van der Waals surface area contributed by atoms with Crippen LogP contribution in [0.3, 0.4) is 0 Å². The van der Waals surface area contributed by atoms with Gasteiger partial charge in [0.25, 0.3) is 11.6 Å². The van der Waals surface area contributed by atoms with Crippen LogP contribution in [0.15, 0.2) is 29.4 Å². The first kappa shape index (κ1) is 13.0. The van der Waals surface area contributed by atoms with E-state index in [0.717, 1.165) is 0 Å². The molecule has 1 aliphatic heterocycles. The van der Waals surface area contributed by atoms with Crippen molar-refractivity contribution in [2.75, 3.05) is 13.1 Å². The van der Waals surface area contributed by atoms with Gasteiger partial charge < -0.3 is 10.1 Å². The van der Waals surface area contributed by atoms with Crippen LogP contribution in [-0.2, 0) is 0 Å². The van der Waals surface area contributed by atoms with E-state index in [1.807, 2.05) is 0 Å². The fourth-order valence-corrected chi connectivity index (χ4v) is 2.00. The molecule has 0 bridgehead atoms. The average molecular weight is 263 g/mol. The summed E-state index contributed by atoms with van der Waals surface area (Å²) >= 11 is 0. The minimum Gasteiger partial charge on any atom is -0.411 e. The fourth-order valence-electron chi connectivity index (χ4n) is 2.00. The number of benzene rings is 1. The summed E-state index contributed by atoms with van der Waals surface area (Å²) in [5.41, 5.74) is 0.877. The summed E-state index contributed by atoms with van der Waals surface area (Å²) in [5, 5.41) is 22.5. The molecule has 2 rings (SSSR count). The predicted octanol–water partition coefficient (Wildman–Crippen LogP) is 1.66. The smallest absolute Gasteiger partial charge is 0.270 e. The number of amides is 1. The summed E-state index contributed by atoms with van der Waals surface area (Å²) < 4.78 is 0. The van der Waals surface area contributed by atoms with Crippen LogP contribution in [0.4, 0.5) is 5.69 Å². The van der Waals surface area contributed by atoms with Gasteiger partial charge in [-0.05, 0) is 6.07 Å². The standard InChI is InChI=1S/C12H13N3O4/c16-12(14-6-4-10(13-17)5-7-14)9-2-1-3-11(8-9)15(18)19/h1-3,8,17H,4-7H2. The predicted molar refractivity (Wildman–Crippen MR) is 67.5 cm³/mol. The lowest BCUT2D eigenvalue weighted by molar-refractivity contribution is -0.384. The highest BCUT2D eigenvalue weighted by Crippen LogP contribution is 2.17. The molecule has 100 valence electrons. The second-order valence-corrected chi connectivity index (χ2v) is 4.27. The van der Waals surface area contributed by atoms with Gasteiger partial charge in [-0.25, -0.2) is 0 Å². The Morgan fingerprint density at radius 1 is 1.37 bits per heavy atom. The first-order valence-electron chi connectivity index (χ1n) is 5.85. The van der Waals surface area contributed by atoms with Crippen LogP contribution in [0.2, 0.25) is 0 Å². The van der Waals surface area contributed by atoms with Crippen molar-refractivity contribution >= 4 is 17.3 Å². The summed E-state index contributed by atoms with van der Waals surface area (Å²) in [7, 11) is 0. The SMILES string of the molecule is O=C(c1cccc([N+](=O)[O-])c1)N1CCC(=NO)CC1. The number of nitro benzene ring substituents is 1. The Morgan fingerprint density at radius 3 is 2.63 bits per heavy atom. The number of likely N-dealkylation sites (tertiary alicyclic amines) is 1. The molecule has 1 fully saturated rings. The third-order valence-electron chi connectivity index (χ3n) is 3.07. The van der Waals surface area contributed by atoms with Crippen molar-refractivity contribution < 1.29 is 14.9 Å². The molecule has 0 atom stereocenters. The van der Waals surface area contributed by atoms with Gasteiger partial charge in [-0.1, -0.05) is 11.2 Å². The van der Waals surface area contributed by atoms with Crippen molar-refractivity contribution in [3.8, 4) is 0 Å². The summed E-state index contributed by atoms with van der Waals surface area (Å²) in [6.45, 7) is 0.918. The lowest BCUT2D eigenvalue weighted by Crippen LogP contribution is -2.38. The van der Waals surface area contributed by atoms with Crippen LogP contribution in [0.1, 0.15) is 23.2 Å². The number of nitro groups is 1. The Labute approximate surface area is 109 Å². The minimum atomic E-state index is -0.524. The molecule has 0 radical (unpaired) electrons. The largest absolute Gasteiger partial charge is 0.411 e. The van der Waals surface area contributed by atoms with E-state index in [9.17, 15) is 14.9 Å². The van der Waals surface area contributed by atoms with Crippen molar-refractivity contribution in [1.82, 2.24) is 4.90 Å². The Bertz CT molecular complexity index is 532. The average Bonchev–Trinajstić information content (AvgIpc) is 2.46. The third kappa shape index (κ3) is 2.87. The number of oxime groups is 1. The molecule has 1 aromatic carbocycles. The van der Waals surface area contributed by atoms with E-state index in [2.05, 4.69) is 5.16 Å². The van der Waals surface area contributed by atoms with E-state index in [1.54, 1.807) is 11.0 Å². The van der Waals surface area contributed by atoms with Crippen LogP contribution in [-0.4, -0.2) is 39.7 Å². The van der Waals surface area contributed by atoms with E-state index in [-0.39, 0.29) is 11.6 Å². The fraction of sp³-hybridized carbons (Fsp3) is 0.333. The Hall–Kier alpha value is -2.44. The number of carbonyl (C=O) groups excluding carboxylic acids is 1. The van der Waals surface area contributed by atoms with Crippen LogP contribution < -0.4 is 0 Å². The lowest BCUT2D eigenvalue weighted by Gasteiger charge is -2.27. The lowest BCUT2D eigenvalue weighted by atomic mass is 10.1. The topological polar surface area (TPSA) is 96.0 Å². The van der Waals surface area contributed by atoms with E-state index >= 15 is 0 Å². The first-order valence-corrected chi connectivity index (χ1v) is 5.85. The van der Waals surface area contributed by atoms with Crippen LogP contribution in [0, 0.1) is 10.1 Å². The Morgan fingerprint density at radius 2 is 2.05 bits per heavy atom. The maximum Gasteiger partial charge on any atom is 0.270 e. The highest BCUT2D eigenvalue weighted by molar-refractivity contribution is 5.96. The van der Waals surface area contributed by atoms with Crippen LogP contribution in [0.25, 0.3) is 0 Å². The van der Waals surface area contributed by atoms with Crippen molar-refractivity contribution in [2.45, 2.75) is 12.8 Å². The highest BCUT2D eigenvalue weighted by atomic mass is 16.6. The molecule has 1 N–H and O–H groups in total. The molecule has 0 saturated carbocycles. The number of carbonyl (C=O) groups is 1. The van der Waals surface area contributed by atoms with Crippen molar-refractivity contribution in [3.63, 3.8) is 0 Å². The van der Waals surface area contributed by atoms with Gasteiger partial charge in [0.05, 0.1) is 10.6 Å². The Balaban J connectivity index is 2.12. The molecule has 1 saturated heterocycles. The summed E-state index contributed by atoms with van der Waals surface area (Å²) in [4.78, 5) is 23.9. The van der Waals surface area contributed by atoms with E-state index in [0.29, 0.717) is 37.2 Å². The normalized spacial score (nSPS) is 15.2. The first-order chi connectivity index (χ1) is 9.11. The minimum absolute atomic E-state index is 0.0968. The van der Waals surface area contributed by atoms with Crippen molar-refractivity contribution in [1.29, 1.82) is 0 Å². The van der Waals surface area contributed by atoms with Gasteiger partial charge >= 0.3 is 0 Å². The molecule has 0 spiro atoms. The third-order valence-corrected chi connectivity index (χ3v) is 3.07. The second kappa shape index (κ2) is 5.47. The van der Waals surface area contributed by atoms with Crippen molar-refractivity contribution in [2.24, 2.45) is 5.16 Å².